The first kappa shape index (κ1) is 15.7. The third-order valence-electron chi connectivity index (χ3n) is 2.65. The number of aliphatic carboxylic acids is 1. The lowest BCUT2D eigenvalue weighted by Crippen LogP contribution is -2.39. The molecule has 0 bridgehead atoms. The Hall–Kier alpha value is -2.38. The molecule has 0 fully saturated rings. The summed E-state index contributed by atoms with van der Waals surface area (Å²) in [4.78, 5) is 33.1. The Bertz CT molecular complexity index is 484. The third-order valence-corrected chi connectivity index (χ3v) is 2.65. The minimum absolute atomic E-state index is 0.0277. The van der Waals surface area contributed by atoms with Crippen molar-refractivity contribution in [3.05, 3.63) is 18.0 Å². The highest BCUT2D eigenvalue weighted by Gasteiger charge is 2.08. The highest BCUT2D eigenvalue weighted by atomic mass is 16.4. The van der Waals surface area contributed by atoms with E-state index in [4.69, 9.17) is 5.11 Å². The van der Waals surface area contributed by atoms with E-state index in [-0.39, 0.29) is 19.4 Å². The normalized spacial score (nSPS) is 10.1. The van der Waals surface area contributed by atoms with Crippen LogP contribution in [0, 0.1) is 0 Å². The lowest BCUT2D eigenvalue weighted by Gasteiger charge is -2.06. The molecule has 0 saturated heterocycles. The number of aromatic nitrogens is 2. The number of nitrogens with one attached hydrogen (secondary N) is 2. The van der Waals surface area contributed by atoms with Crippen molar-refractivity contribution in [2.75, 3.05) is 0 Å². The van der Waals surface area contributed by atoms with Crippen LogP contribution in [-0.4, -0.2) is 32.8 Å². The van der Waals surface area contributed by atoms with E-state index in [1.165, 1.54) is 0 Å². The number of rotatable bonds is 7. The van der Waals surface area contributed by atoms with Gasteiger partial charge in [0, 0.05) is 26.1 Å². The fourth-order valence-corrected chi connectivity index (χ4v) is 1.54. The van der Waals surface area contributed by atoms with Crippen LogP contribution in [0.3, 0.4) is 0 Å². The molecule has 1 aromatic rings. The zero-order valence-electron chi connectivity index (χ0n) is 11.3. The van der Waals surface area contributed by atoms with Gasteiger partial charge in [-0.3, -0.25) is 19.6 Å². The lowest BCUT2D eigenvalue weighted by molar-refractivity contribution is -0.137. The third kappa shape index (κ3) is 5.98. The van der Waals surface area contributed by atoms with Crippen LogP contribution in [0.4, 0.5) is 4.79 Å². The Morgan fingerprint density at radius 2 is 2.00 bits per heavy atom. The van der Waals surface area contributed by atoms with Crippen LogP contribution < -0.4 is 10.6 Å². The second-order valence-electron chi connectivity index (χ2n) is 4.28. The topological polar surface area (TPSA) is 113 Å². The van der Waals surface area contributed by atoms with Gasteiger partial charge < -0.3 is 10.4 Å². The summed E-state index contributed by atoms with van der Waals surface area (Å²) in [6.07, 6.45) is 2.63. The van der Waals surface area contributed by atoms with Crippen molar-refractivity contribution in [2.45, 2.75) is 32.2 Å². The van der Waals surface area contributed by atoms with Crippen molar-refractivity contribution < 1.29 is 19.5 Å². The summed E-state index contributed by atoms with van der Waals surface area (Å²) < 4.78 is 1.62. The van der Waals surface area contributed by atoms with Crippen LogP contribution in [0.1, 0.15) is 31.4 Å². The molecule has 0 aliphatic rings. The largest absolute Gasteiger partial charge is 0.481 e. The maximum Gasteiger partial charge on any atom is 0.321 e. The first-order valence-corrected chi connectivity index (χ1v) is 6.25. The van der Waals surface area contributed by atoms with Gasteiger partial charge in [0.25, 0.3) is 0 Å². The molecule has 8 nitrogen and oxygen atoms in total. The van der Waals surface area contributed by atoms with Crippen LogP contribution in [0.5, 0.6) is 0 Å². The van der Waals surface area contributed by atoms with E-state index in [1.54, 1.807) is 24.0 Å². The summed E-state index contributed by atoms with van der Waals surface area (Å²) >= 11 is 0. The average molecular weight is 282 g/mol. The number of nitrogens with zero attached hydrogens (tertiary/aromatic N) is 2. The van der Waals surface area contributed by atoms with Crippen LogP contribution >= 0.6 is 0 Å². The summed E-state index contributed by atoms with van der Waals surface area (Å²) in [7, 11) is 1.75. The van der Waals surface area contributed by atoms with Crippen molar-refractivity contribution in [2.24, 2.45) is 7.05 Å². The molecule has 3 N–H and O–H groups in total. The fraction of sp³-hybridized carbons (Fsp3) is 0.500. The second kappa shape index (κ2) is 7.93. The van der Waals surface area contributed by atoms with Crippen LogP contribution in [0.2, 0.25) is 0 Å². The molecule has 110 valence electrons. The number of urea groups is 1. The van der Waals surface area contributed by atoms with Gasteiger partial charge >= 0.3 is 12.0 Å². The molecule has 0 radical (unpaired) electrons. The SMILES string of the molecule is Cn1nccc1CNC(=O)NC(=O)CCCCC(=O)O. The molecule has 1 rings (SSSR count). The van der Waals surface area contributed by atoms with Gasteiger partial charge in [0.2, 0.25) is 5.91 Å². The number of carbonyl (C=O) groups excluding carboxylic acids is 2. The van der Waals surface area contributed by atoms with E-state index in [0.717, 1.165) is 5.69 Å². The van der Waals surface area contributed by atoms with Gasteiger partial charge in [-0.15, -0.1) is 0 Å². The standard InChI is InChI=1S/C12H18N4O4/c1-16-9(6-7-14-16)8-13-12(20)15-10(17)4-2-3-5-11(18)19/h6-7H,2-5,8H2,1H3,(H,18,19)(H2,13,15,17,20). The predicted molar refractivity (Wildman–Crippen MR) is 69.7 cm³/mol. The van der Waals surface area contributed by atoms with E-state index < -0.39 is 17.9 Å². The average Bonchev–Trinajstić information content (AvgIpc) is 2.77. The van der Waals surface area contributed by atoms with Crippen molar-refractivity contribution in [3.63, 3.8) is 0 Å². The molecule has 0 aromatic carbocycles. The Balaban J connectivity index is 2.16. The quantitative estimate of drug-likeness (QED) is 0.626. The second-order valence-corrected chi connectivity index (χ2v) is 4.28. The Kier molecular flexibility index (Phi) is 6.21. The van der Waals surface area contributed by atoms with Gasteiger partial charge in [0.15, 0.2) is 0 Å². The molecular formula is C12H18N4O4. The monoisotopic (exact) mass is 282 g/mol. The van der Waals surface area contributed by atoms with Crippen LogP contribution in [0.25, 0.3) is 0 Å². The van der Waals surface area contributed by atoms with E-state index in [1.807, 2.05) is 0 Å². The number of hydrogen-bond acceptors (Lipinski definition) is 4. The number of carboxylic acids is 1. The molecule has 1 aromatic heterocycles. The van der Waals surface area contributed by atoms with Gasteiger partial charge in [-0.05, 0) is 18.9 Å². The van der Waals surface area contributed by atoms with Crippen molar-refractivity contribution in [3.8, 4) is 0 Å². The highest BCUT2D eigenvalue weighted by Crippen LogP contribution is 1.99. The van der Waals surface area contributed by atoms with E-state index in [9.17, 15) is 14.4 Å². The maximum absolute atomic E-state index is 11.4. The summed E-state index contributed by atoms with van der Waals surface area (Å²) in [6.45, 7) is 0.272. The Labute approximate surface area is 116 Å². The van der Waals surface area contributed by atoms with Crippen molar-refractivity contribution in [1.29, 1.82) is 0 Å². The summed E-state index contributed by atoms with van der Waals surface area (Å²) in [5, 5.41) is 17.1. The van der Waals surface area contributed by atoms with Gasteiger partial charge in [-0.1, -0.05) is 0 Å². The Morgan fingerprint density at radius 1 is 1.30 bits per heavy atom. The molecule has 0 spiro atoms. The smallest absolute Gasteiger partial charge is 0.321 e. The van der Waals surface area contributed by atoms with Crippen molar-refractivity contribution >= 4 is 17.9 Å². The number of carbonyl (C=O) groups is 3. The number of carboxylic acid groups (broad SMARTS) is 1. The number of imide groups is 1. The zero-order chi connectivity index (χ0) is 15.0. The molecular weight excluding hydrogens is 264 g/mol. The van der Waals surface area contributed by atoms with Gasteiger partial charge in [0.1, 0.15) is 0 Å². The Morgan fingerprint density at radius 3 is 2.60 bits per heavy atom. The van der Waals surface area contributed by atoms with Gasteiger partial charge in [0.05, 0.1) is 12.2 Å². The molecule has 3 amide bonds. The predicted octanol–water partition coefficient (Wildman–Crippen LogP) is 0.391. The van der Waals surface area contributed by atoms with E-state index in [2.05, 4.69) is 15.7 Å². The van der Waals surface area contributed by atoms with Crippen molar-refractivity contribution in [1.82, 2.24) is 20.4 Å². The minimum Gasteiger partial charge on any atom is -0.481 e. The first-order chi connectivity index (χ1) is 9.49. The molecule has 0 unspecified atom stereocenters. The summed E-state index contributed by atoms with van der Waals surface area (Å²) in [5.74, 6) is -1.31. The first-order valence-electron chi connectivity index (χ1n) is 6.25. The minimum atomic E-state index is -0.890. The van der Waals surface area contributed by atoms with E-state index in [0.29, 0.717) is 12.8 Å². The highest BCUT2D eigenvalue weighted by molar-refractivity contribution is 5.94. The van der Waals surface area contributed by atoms with Gasteiger partial charge in [-0.25, -0.2) is 4.79 Å². The number of amides is 3. The van der Waals surface area contributed by atoms with Gasteiger partial charge in [-0.2, -0.15) is 5.10 Å². The summed E-state index contributed by atoms with van der Waals surface area (Å²) in [6, 6.07) is 1.18. The molecule has 0 aliphatic heterocycles. The van der Waals surface area contributed by atoms with Crippen LogP contribution in [-0.2, 0) is 23.2 Å². The number of hydrogen-bond donors (Lipinski definition) is 3. The maximum atomic E-state index is 11.4. The molecule has 8 heteroatoms. The molecule has 0 atom stereocenters. The molecule has 20 heavy (non-hydrogen) atoms. The molecule has 0 aliphatic carbocycles. The molecule has 1 heterocycles. The van der Waals surface area contributed by atoms with E-state index >= 15 is 0 Å². The summed E-state index contributed by atoms with van der Waals surface area (Å²) in [5.41, 5.74) is 0.814. The molecule has 0 saturated carbocycles. The van der Waals surface area contributed by atoms with Crippen LogP contribution in [0.15, 0.2) is 12.3 Å². The zero-order valence-corrected chi connectivity index (χ0v) is 11.3. The fourth-order valence-electron chi connectivity index (χ4n) is 1.54. The number of aryl methyl sites for hydroxylation is 1. The number of unbranched alkanes of at least 4 members (excludes halogenated alkanes) is 1. The lowest BCUT2D eigenvalue weighted by atomic mass is 10.2.